The largest absolute Gasteiger partial charge is 0.462 e. The van der Waals surface area contributed by atoms with Gasteiger partial charge in [-0.3, -0.25) is 4.79 Å². The minimum Gasteiger partial charge on any atom is -0.462 e. The summed E-state index contributed by atoms with van der Waals surface area (Å²) in [6, 6.07) is -0.202. The van der Waals surface area contributed by atoms with Gasteiger partial charge in [0.25, 0.3) is 0 Å². The number of esters is 1. The molecule has 0 aromatic heterocycles. The molecule has 0 aromatic carbocycles. The van der Waals surface area contributed by atoms with Crippen LogP contribution in [0, 0.1) is 5.92 Å². The molecule has 0 radical (unpaired) electrons. The van der Waals surface area contributed by atoms with Crippen molar-refractivity contribution >= 4 is 5.97 Å². The molecule has 1 heterocycles. The van der Waals surface area contributed by atoms with Crippen molar-refractivity contribution in [3.05, 3.63) is 10.4 Å². The van der Waals surface area contributed by atoms with Crippen LogP contribution < -0.4 is 0 Å². The second kappa shape index (κ2) is 4.86. The molecule has 0 aromatic rings. The summed E-state index contributed by atoms with van der Waals surface area (Å²) >= 11 is 0. The van der Waals surface area contributed by atoms with E-state index in [2.05, 4.69) is 23.9 Å². The van der Waals surface area contributed by atoms with Crippen LogP contribution in [-0.2, 0) is 9.53 Å². The molecule has 0 spiro atoms. The maximum absolute atomic E-state index is 10.9. The summed E-state index contributed by atoms with van der Waals surface area (Å²) in [5, 5.41) is 3.68. The first-order valence-electron chi connectivity index (χ1n) is 4.87. The molecular weight excluding hydrogens is 182 g/mol. The number of cyclic esters (lactones) is 1. The van der Waals surface area contributed by atoms with Crippen molar-refractivity contribution in [2.24, 2.45) is 11.0 Å². The Labute approximate surface area is 83.1 Å². The Morgan fingerprint density at radius 1 is 1.71 bits per heavy atom. The first-order chi connectivity index (χ1) is 6.63. The van der Waals surface area contributed by atoms with Gasteiger partial charge in [-0.05, 0) is 24.3 Å². The zero-order chi connectivity index (χ0) is 10.6. The summed E-state index contributed by atoms with van der Waals surface area (Å²) in [7, 11) is 0. The molecule has 0 aliphatic carbocycles. The molecule has 2 unspecified atom stereocenters. The van der Waals surface area contributed by atoms with Gasteiger partial charge in [0, 0.05) is 11.3 Å². The number of carbonyl (C=O) groups is 1. The van der Waals surface area contributed by atoms with Gasteiger partial charge in [-0.25, -0.2) is 0 Å². The first-order valence-corrected chi connectivity index (χ1v) is 4.87. The van der Waals surface area contributed by atoms with Crippen molar-refractivity contribution in [3.8, 4) is 0 Å². The van der Waals surface area contributed by atoms with Gasteiger partial charge in [0.15, 0.2) is 0 Å². The molecule has 2 atom stereocenters. The Morgan fingerprint density at radius 3 is 2.86 bits per heavy atom. The number of hydrogen-bond acceptors (Lipinski definition) is 3. The predicted octanol–water partition coefficient (Wildman–Crippen LogP) is 2.42. The number of rotatable bonds is 4. The third kappa shape index (κ3) is 2.92. The fourth-order valence-electron chi connectivity index (χ4n) is 1.64. The van der Waals surface area contributed by atoms with Gasteiger partial charge >= 0.3 is 5.97 Å². The molecule has 1 saturated heterocycles. The summed E-state index contributed by atoms with van der Waals surface area (Å²) in [6.07, 6.45) is 1.68. The van der Waals surface area contributed by atoms with Gasteiger partial charge in [0.05, 0.1) is 6.04 Å². The lowest BCUT2D eigenvalue weighted by atomic mass is 9.98. The number of carbonyl (C=O) groups excluding carboxylic acids is 1. The minimum absolute atomic E-state index is 0.183. The van der Waals surface area contributed by atoms with E-state index in [9.17, 15) is 4.79 Å². The number of hydrogen-bond donors (Lipinski definition) is 0. The summed E-state index contributed by atoms with van der Waals surface area (Å²) in [4.78, 5) is 13.7. The monoisotopic (exact) mass is 197 g/mol. The van der Waals surface area contributed by atoms with E-state index in [4.69, 9.17) is 10.3 Å². The molecule has 5 heteroatoms. The quantitative estimate of drug-likeness (QED) is 0.300. The summed E-state index contributed by atoms with van der Waals surface area (Å²) in [5.41, 5.74) is 8.39. The van der Waals surface area contributed by atoms with Crippen LogP contribution in [0.15, 0.2) is 5.11 Å². The average molecular weight is 197 g/mol. The van der Waals surface area contributed by atoms with Gasteiger partial charge in [-0.1, -0.05) is 19.0 Å². The van der Waals surface area contributed by atoms with Gasteiger partial charge in [0.1, 0.15) is 6.10 Å². The van der Waals surface area contributed by atoms with Crippen molar-refractivity contribution in [1.29, 1.82) is 0 Å². The fourth-order valence-corrected chi connectivity index (χ4v) is 1.64. The molecule has 0 N–H and O–H groups in total. The lowest BCUT2D eigenvalue weighted by molar-refractivity contribution is -0.142. The second-order valence-corrected chi connectivity index (χ2v) is 3.97. The Morgan fingerprint density at radius 2 is 2.43 bits per heavy atom. The molecule has 78 valence electrons. The smallest absolute Gasteiger partial charge is 0.306 e. The van der Waals surface area contributed by atoms with Crippen molar-refractivity contribution in [3.63, 3.8) is 0 Å². The normalized spacial score (nSPS) is 23.1. The van der Waals surface area contributed by atoms with Crippen molar-refractivity contribution in [2.75, 3.05) is 0 Å². The van der Waals surface area contributed by atoms with Crippen molar-refractivity contribution in [2.45, 2.75) is 45.3 Å². The molecule has 0 bridgehead atoms. The Kier molecular flexibility index (Phi) is 3.77. The van der Waals surface area contributed by atoms with Crippen molar-refractivity contribution in [1.82, 2.24) is 0 Å². The van der Waals surface area contributed by atoms with Gasteiger partial charge < -0.3 is 4.74 Å². The first kappa shape index (κ1) is 10.9. The van der Waals surface area contributed by atoms with Crippen LogP contribution in [0.2, 0.25) is 0 Å². The fraction of sp³-hybridized carbons (Fsp3) is 0.889. The standard InChI is InChI=1S/C9H15N3O2/c1-6(2)5-7(11-12-10)8-3-4-9(13)14-8/h6-8H,3-5H2,1-2H3. The van der Waals surface area contributed by atoms with E-state index >= 15 is 0 Å². The number of nitrogens with zero attached hydrogens (tertiary/aromatic N) is 3. The molecule has 1 rings (SSSR count). The Bertz CT molecular complexity index is 259. The van der Waals surface area contributed by atoms with Crippen LogP contribution in [0.4, 0.5) is 0 Å². The highest BCUT2D eigenvalue weighted by Gasteiger charge is 2.30. The third-order valence-electron chi connectivity index (χ3n) is 2.26. The van der Waals surface area contributed by atoms with Gasteiger partial charge in [0.2, 0.25) is 0 Å². The molecule has 0 saturated carbocycles. The molecule has 14 heavy (non-hydrogen) atoms. The zero-order valence-electron chi connectivity index (χ0n) is 8.51. The van der Waals surface area contributed by atoms with Crippen LogP contribution in [0.25, 0.3) is 10.4 Å². The predicted molar refractivity (Wildman–Crippen MR) is 51.5 cm³/mol. The molecule has 0 amide bonds. The van der Waals surface area contributed by atoms with E-state index in [1.807, 2.05) is 0 Å². The van der Waals surface area contributed by atoms with E-state index in [0.29, 0.717) is 18.8 Å². The second-order valence-electron chi connectivity index (χ2n) is 3.97. The molecule has 1 fully saturated rings. The lowest BCUT2D eigenvalue weighted by Crippen LogP contribution is -2.25. The minimum atomic E-state index is -0.208. The SMILES string of the molecule is CC(C)CC(N=[N+]=[N-])C1CCC(=O)O1. The van der Waals surface area contributed by atoms with Crippen LogP contribution in [0.3, 0.4) is 0 Å². The lowest BCUT2D eigenvalue weighted by Gasteiger charge is -2.19. The highest BCUT2D eigenvalue weighted by atomic mass is 16.5. The van der Waals surface area contributed by atoms with Gasteiger partial charge in [-0.15, -0.1) is 0 Å². The van der Waals surface area contributed by atoms with Crippen molar-refractivity contribution < 1.29 is 9.53 Å². The number of azide groups is 1. The van der Waals surface area contributed by atoms with E-state index in [0.717, 1.165) is 6.42 Å². The number of ether oxygens (including phenoxy) is 1. The molecule has 1 aliphatic rings. The summed E-state index contributed by atoms with van der Waals surface area (Å²) in [5.74, 6) is 0.252. The van der Waals surface area contributed by atoms with Crippen LogP contribution >= 0.6 is 0 Å². The van der Waals surface area contributed by atoms with Crippen LogP contribution in [0.5, 0.6) is 0 Å². The maximum atomic E-state index is 10.9. The third-order valence-corrected chi connectivity index (χ3v) is 2.26. The molecular formula is C9H15N3O2. The van der Waals surface area contributed by atoms with Crippen LogP contribution in [0.1, 0.15) is 33.1 Å². The van der Waals surface area contributed by atoms with Gasteiger partial charge in [-0.2, -0.15) is 0 Å². The maximum Gasteiger partial charge on any atom is 0.306 e. The summed E-state index contributed by atoms with van der Waals surface area (Å²) in [6.45, 7) is 4.10. The molecule has 5 nitrogen and oxygen atoms in total. The Hall–Kier alpha value is -1.22. The summed E-state index contributed by atoms with van der Waals surface area (Å²) < 4.78 is 5.07. The van der Waals surface area contributed by atoms with E-state index in [1.165, 1.54) is 0 Å². The highest BCUT2D eigenvalue weighted by Crippen LogP contribution is 2.23. The topological polar surface area (TPSA) is 75.1 Å². The highest BCUT2D eigenvalue weighted by molar-refractivity contribution is 5.71. The Balaban J connectivity index is 2.58. The van der Waals surface area contributed by atoms with Crippen LogP contribution in [-0.4, -0.2) is 18.1 Å². The van der Waals surface area contributed by atoms with E-state index in [1.54, 1.807) is 0 Å². The average Bonchev–Trinajstić information content (AvgIpc) is 2.50. The van der Waals surface area contributed by atoms with E-state index < -0.39 is 0 Å². The molecule has 1 aliphatic heterocycles. The zero-order valence-corrected chi connectivity index (χ0v) is 8.51. The van der Waals surface area contributed by atoms with E-state index in [-0.39, 0.29) is 18.1 Å².